The molecule has 76 valence electrons. The Labute approximate surface area is 95.4 Å². The first-order valence-electron chi connectivity index (χ1n) is 3.95. The third-order valence-electron chi connectivity index (χ3n) is 1.58. The molecule has 14 heavy (non-hydrogen) atoms. The molecule has 1 aromatic rings. The van der Waals surface area contributed by atoms with Gasteiger partial charge in [-0.05, 0) is 29.5 Å². The first kappa shape index (κ1) is 11.2. The van der Waals surface area contributed by atoms with Gasteiger partial charge in [0.1, 0.15) is 18.2 Å². The summed E-state index contributed by atoms with van der Waals surface area (Å²) >= 11 is 2.09. The number of carbonyl (C=O) groups excluding carboxylic acids is 1. The second kappa shape index (κ2) is 5.08. The third kappa shape index (κ3) is 2.79. The Bertz CT molecular complexity index is 332. The highest BCUT2D eigenvalue weighted by atomic mass is 127. The van der Waals surface area contributed by atoms with Crippen molar-refractivity contribution < 1.29 is 9.53 Å². The number of hydrogen-bond donors (Lipinski definition) is 1. The minimum absolute atomic E-state index is 0.320. The van der Waals surface area contributed by atoms with Crippen LogP contribution < -0.4 is 5.32 Å². The van der Waals surface area contributed by atoms with Crippen LogP contribution in [0.5, 0.6) is 0 Å². The Morgan fingerprint density at radius 3 is 3.00 bits per heavy atom. The SMILES string of the molecule is COC(=O)C(C)Nc1ncncc1I. The van der Waals surface area contributed by atoms with Crippen LogP contribution in [0.2, 0.25) is 0 Å². The van der Waals surface area contributed by atoms with Crippen molar-refractivity contribution in [2.75, 3.05) is 12.4 Å². The van der Waals surface area contributed by atoms with Crippen molar-refractivity contribution >= 4 is 34.4 Å². The van der Waals surface area contributed by atoms with E-state index in [1.165, 1.54) is 13.4 Å². The second-order valence-electron chi connectivity index (χ2n) is 2.61. The van der Waals surface area contributed by atoms with E-state index in [2.05, 4.69) is 42.6 Å². The molecule has 0 saturated heterocycles. The molecule has 1 aromatic heterocycles. The maximum Gasteiger partial charge on any atom is 0.328 e. The number of methoxy groups -OCH3 is 1. The standard InChI is InChI=1S/C8H10IN3O2/c1-5(8(13)14-2)12-7-6(9)3-10-4-11-7/h3-5H,1-2H3,(H,10,11,12). The van der Waals surface area contributed by atoms with Crippen molar-refractivity contribution in [3.8, 4) is 0 Å². The lowest BCUT2D eigenvalue weighted by molar-refractivity contribution is -0.141. The summed E-state index contributed by atoms with van der Waals surface area (Å²) in [5.41, 5.74) is 0. The first-order chi connectivity index (χ1) is 6.65. The van der Waals surface area contributed by atoms with Crippen molar-refractivity contribution in [3.05, 3.63) is 16.1 Å². The van der Waals surface area contributed by atoms with Gasteiger partial charge in [0.2, 0.25) is 0 Å². The molecular weight excluding hydrogens is 297 g/mol. The molecule has 0 aliphatic heterocycles. The van der Waals surface area contributed by atoms with Gasteiger partial charge in [0, 0.05) is 6.20 Å². The molecule has 1 unspecified atom stereocenters. The lowest BCUT2D eigenvalue weighted by Crippen LogP contribution is -2.28. The Morgan fingerprint density at radius 1 is 1.71 bits per heavy atom. The summed E-state index contributed by atoms with van der Waals surface area (Å²) in [4.78, 5) is 18.9. The van der Waals surface area contributed by atoms with E-state index in [4.69, 9.17) is 0 Å². The second-order valence-corrected chi connectivity index (χ2v) is 3.77. The number of nitrogens with zero attached hydrogens (tertiary/aromatic N) is 2. The molecule has 1 rings (SSSR count). The van der Waals surface area contributed by atoms with Crippen LogP contribution in [-0.4, -0.2) is 29.1 Å². The number of aromatic nitrogens is 2. The summed E-state index contributed by atoms with van der Waals surface area (Å²) in [6, 6.07) is -0.414. The van der Waals surface area contributed by atoms with Crippen molar-refractivity contribution in [2.45, 2.75) is 13.0 Å². The lowest BCUT2D eigenvalue weighted by Gasteiger charge is -2.12. The van der Waals surface area contributed by atoms with Gasteiger partial charge in [-0.2, -0.15) is 0 Å². The zero-order valence-corrected chi connectivity index (χ0v) is 9.98. The van der Waals surface area contributed by atoms with Gasteiger partial charge in [-0.3, -0.25) is 0 Å². The fraction of sp³-hybridized carbons (Fsp3) is 0.375. The normalized spacial score (nSPS) is 11.9. The Morgan fingerprint density at radius 2 is 2.43 bits per heavy atom. The molecule has 0 spiro atoms. The molecule has 0 saturated carbocycles. The van der Waals surface area contributed by atoms with E-state index in [-0.39, 0.29) is 5.97 Å². The van der Waals surface area contributed by atoms with Crippen LogP contribution in [0.3, 0.4) is 0 Å². The fourth-order valence-corrected chi connectivity index (χ4v) is 1.32. The topological polar surface area (TPSA) is 64.1 Å². The minimum atomic E-state index is -0.414. The van der Waals surface area contributed by atoms with E-state index < -0.39 is 6.04 Å². The zero-order valence-electron chi connectivity index (χ0n) is 7.82. The predicted octanol–water partition coefficient (Wildman–Crippen LogP) is 1.05. The van der Waals surface area contributed by atoms with E-state index in [1.807, 2.05) is 0 Å². The highest BCUT2D eigenvalue weighted by Crippen LogP contribution is 2.13. The molecule has 0 bridgehead atoms. The molecule has 1 N–H and O–H groups in total. The van der Waals surface area contributed by atoms with Crippen LogP contribution in [0.15, 0.2) is 12.5 Å². The van der Waals surface area contributed by atoms with Gasteiger partial charge in [0.25, 0.3) is 0 Å². The molecule has 0 fully saturated rings. The van der Waals surface area contributed by atoms with Crippen LogP contribution >= 0.6 is 22.6 Å². The fourth-order valence-electron chi connectivity index (χ4n) is 0.860. The van der Waals surface area contributed by atoms with Crippen LogP contribution in [-0.2, 0) is 9.53 Å². The van der Waals surface area contributed by atoms with Crippen LogP contribution in [0.25, 0.3) is 0 Å². The van der Waals surface area contributed by atoms with Crippen LogP contribution in [0.1, 0.15) is 6.92 Å². The number of ether oxygens (including phenoxy) is 1. The molecule has 0 amide bonds. The first-order valence-corrected chi connectivity index (χ1v) is 5.03. The molecule has 6 heteroatoms. The Hall–Kier alpha value is -0.920. The summed E-state index contributed by atoms with van der Waals surface area (Å²) in [5, 5.41) is 2.93. The number of hydrogen-bond acceptors (Lipinski definition) is 5. The summed E-state index contributed by atoms with van der Waals surface area (Å²) < 4.78 is 5.44. The number of rotatable bonds is 3. The number of esters is 1. The molecule has 1 atom stereocenters. The number of nitrogens with one attached hydrogen (secondary N) is 1. The van der Waals surface area contributed by atoms with E-state index >= 15 is 0 Å². The van der Waals surface area contributed by atoms with Crippen LogP contribution in [0.4, 0.5) is 5.82 Å². The monoisotopic (exact) mass is 307 g/mol. The summed E-state index contributed by atoms with van der Waals surface area (Å²) in [6.07, 6.45) is 3.09. The van der Waals surface area contributed by atoms with Crippen LogP contribution in [0, 0.1) is 3.57 Å². The summed E-state index contributed by atoms with van der Waals surface area (Å²) in [7, 11) is 1.35. The Kier molecular flexibility index (Phi) is 4.05. The van der Waals surface area contributed by atoms with E-state index in [0.29, 0.717) is 5.82 Å². The molecular formula is C8H10IN3O2. The summed E-state index contributed by atoms with van der Waals surface area (Å²) in [6.45, 7) is 1.71. The highest BCUT2D eigenvalue weighted by molar-refractivity contribution is 14.1. The molecule has 0 aliphatic carbocycles. The molecule has 0 radical (unpaired) electrons. The van der Waals surface area contributed by atoms with Gasteiger partial charge in [-0.1, -0.05) is 0 Å². The van der Waals surface area contributed by atoms with Crippen molar-refractivity contribution in [1.82, 2.24) is 9.97 Å². The van der Waals surface area contributed by atoms with Crippen molar-refractivity contribution in [3.63, 3.8) is 0 Å². The van der Waals surface area contributed by atoms with Gasteiger partial charge in [-0.15, -0.1) is 0 Å². The predicted molar refractivity (Wildman–Crippen MR) is 59.8 cm³/mol. The van der Waals surface area contributed by atoms with E-state index in [0.717, 1.165) is 3.57 Å². The molecule has 5 nitrogen and oxygen atoms in total. The molecule has 0 aromatic carbocycles. The highest BCUT2D eigenvalue weighted by Gasteiger charge is 2.14. The largest absolute Gasteiger partial charge is 0.467 e. The van der Waals surface area contributed by atoms with Gasteiger partial charge < -0.3 is 10.1 Å². The third-order valence-corrected chi connectivity index (χ3v) is 2.37. The lowest BCUT2D eigenvalue weighted by atomic mass is 10.3. The minimum Gasteiger partial charge on any atom is -0.467 e. The van der Waals surface area contributed by atoms with Gasteiger partial charge >= 0.3 is 5.97 Å². The number of anilines is 1. The average Bonchev–Trinajstić information content (AvgIpc) is 2.20. The van der Waals surface area contributed by atoms with Gasteiger partial charge in [0.05, 0.1) is 10.7 Å². The maximum atomic E-state index is 11.1. The van der Waals surface area contributed by atoms with Crippen molar-refractivity contribution in [2.24, 2.45) is 0 Å². The van der Waals surface area contributed by atoms with Crippen molar-refractivity contribution in [1.29, 1.82) is 0 Å². The molecule has 0 aliphatic rings. The Balaban J connectivity index is 2.69. The smallest absolute Gasteiger partial charge is 0.328 e. The maximum absolute atomic E-state index is 11.1. The number of carbonyl (C=O) groups is 1. The van der Waals surface area contributed by atoms with Gasteiger partial charge in [0.15, 0.2) is 0 Å². The average molecular weight is 307 g/mol. The quantitative estimate of drug-likeness (QED) is 0.668. The van der Waals surface area contributed by atoms with E-state index in [1.54, 1.807) is 13.1 Å². The van der Waals surface area contributed by atoms with Gasteiger partial charge in [-0.25, -0.2) is 14.8 Å². The number of halogens is 1. The molecule has 1 heterocycles. The zero-order chi connectivity index (χ0) is 10.6. The summed E-state index contributed by atoms with van der Waals surface area (Å²) in [5.74, 6) is 0.318. The van der Waals surface area contributed by atoms with E-state index in [9.17, 15) is 4.79 Å².